The molecule has 4 N–H and O–H groups in total. The second-order valence-corrected chi connectivity index (χ2v) is 4.49. The second kappa shape index (κ2) is 2.44. The first-order chi connectivity index (χ1) is 5.62. The van der Waals surface area contributed by atoms with E-state index in [9.17, 15) is 5.11 Å². The van der Waals surface area contributed by atoms with Crippen molar-refractivity contribution in [2.24, 2.45) is 17.1 Å². The fourth-order valence-corrected chi connectivity index (χ4v) is 2.19. The average Bonchev–Trinajstić information content (AvgIpc) is 2.60. The van der Waals surface area contributed by atoms with Gasteiger partial charge in [-0.05, 0) is 19.8 Å². The highest BCUT2D eigenvalue weighted by Crippen LogP contribution is 2.56. The van der Waals surface area contributed by atoms with E-state index in [1.807, 2.05) is 6.92 Å². The van der Waals surface area contributed by atoms with Crippen molar-refractivity contribution in [3.05, 3.63) is 0 Å². The van der Waals surface area contributed by atoms with Crippen molar-refractivity contribution in [1.82, 2.24) is 5.32 Å². The average molecular weight is 170 g/mol. The Bertz CT molecular complexity index is 183. The summed E-state index contributed by atoms with van der Waals surface area (Å²) in [4.78, 5) is 0. The number of aliphatic hydroxyl groups is 1. The molecule has 0 aromatic heterocycles. The standard InChI is InChI=1S/C9H18N2O/c1-8(12,7-4-11-5-7)9(6-10)2-3-9/h7,11-12H,2-6,10H2,1H3. The topological polar surface area (TPSA) is 58.3 Å². The van der Waals surface area contributed by atoms with Crippen LogP contribution in [-0.4, -0.2) is 30.3 Å². The molecule has 0 radical (unpaired) electrons. The van der Waals surface area contributed by atoms with E-state index >= 15 is 0 Å². The molecule has 0 aromatic carbocycles. The van der Waals surface area contributed by atoms with E-state index in [0.717, 1.165) is 25.9 Å². The maximum atomic E-state index is 10.3. The molecule has 1 unspecified atom stereocenters. The zero-order valence-electron chi connectivity index (χ0n) is 7.64. The summed E-state index contributed by atoms with van der Waals surface area (Å²) < 4.78 is 0. The van der Waals surface area contributed by atoms with Gasteiger partial charge in [-0.15, -0.1) is 0 Å². The van der Waals surface area contributed by atoms with Crippen molar-refractivity contribution in [1.29, 1.82) is 0 Å². The molecule has 2 rings (SSSR count). The van der Waals surface area contributed by atoms with Crippen molar-refractivity contribution in [3.8, 4) is 0 Å². The normalized spacial score (nSPS) is 32.2. The summed E-state index contributed by atoms with van der Waals surface area (Å²) in [5.74, 6) is 0.420. The van der Waals surface area contributed by atoms with E-state index in [1.165, 1.54) is 0 Å². The smallest absolute Gasteiger partial charge is 0.0740 e. The van der Waals surface area contributed by atoms with E-state index in [4.69, 9.17) is 5.73 Å². The van der Waals surface area contributed by atoms with Crippen molar-refractivity contribution in [2.75, 3.05) is 19.6 Å². The third kappa shape index (κ3) is 0.934. The highest BCUT2D eigenvalue weighted by atomic mass is 16.3. The van der Waals surface area contributed by atoms with Gasteiger partial charge in [0.1, 0.15) is 0 Å². The summed E-state index contributed by atoms with van der Waals surface area (Å²) in [5.41, 5.74) is 5.21. The van der Waals surface area contributed by atoms with E-state index in [1.54, 1.807) is 0 Å². The van der Waals surface area contributed by atoms with Gasteiger partial charge in [0.05, 0.1) is 5.60 Å². The number of nitrogens with one attached hydrogen (secondary N) is 1. The van der Waals surface area contributed by atoms with Crippen LogP contribution in [0.5, 0.6) is 0 Å². The van der Waals surface area contributed by atoms with Crippen LogP contribution in [0.3, 0.4) is 0 Å². The number of rotatable bonds is 3. The van der Waals surface area contributed by atoms with Gasteiger partial charge in [-0.2, -0.15) is 0 Å². The van der Waals surface area contributed by atoms with Crippen LogP contribution in [0, 0.1) is 11.3 Å². The Kier molecular flexibility index (Phi) is 1.72. The Morgan fingerprint density at radius 3 is 2.42 bits per heavy atom. The lowest BCUT2D eigenvalue weighted by Gasteiger charge is -2.44. The van der Waals surface area contributed by atoms with Gasteiger partial charge in [0.15, 0.2) is 0 Å². The Labute approximate surface area is 73.3 Å². The van der Waals surface area contributed by atoms with Gasteiger partial charge >= 0.3 is 0 Å². The predicted molar refractivity (Wildman–Crippen MR) is 47.7 cm³/mol. The maximum Gasteiger partial charge on any atom is 0.0740 e. The molecule has 2 aliphatic rings. The fraction of sp³-hybridized carbons (Fsp3) is 1.00. The lowest BCUT2D eigenvalue weighted by atomic mass is 9.73. The number of hydrogen-bond acceptors (Lipinski definition) is 3. The molecule has 0 spiro atoms. The Hall–Kier alpha value is -0.120. The van der Waals surface area contributed by atoms with Crippen molar-refractivity contribution in [3.63, 3.8) is 0 Å². The molecule has 0 aromatic rings. The van der Waals surface area contributed by atoms with Gasteiger partial charge in [0, 0.05) is 31.0 Å². The molecule has 12 heavy (non-hydrogen) atoms. The summed E-state index contributed by atoms with van der Waals surface area (Å²) >= 11 is 0. The Balaban J connectivity index is 2.08. The molecule has 1 saturated heterocycles. The Morgan fingerprint density at radius 1 is 1.58 bits per heavy atom. The number of hydrogen-bond donors (Lipinski definition) is 3. The quantitative estimate of drug-likeness (QED) is 0.545. The molecule has 3 nitrogen and oxygen atoms in total. The van der Waals surface area contributed by atoms with E-state index in [2.05, 4.69) is 5.32 Å². The van der Waals surface area contributed by atoms with Crippen LogP contribution in [0.25, 0.3) is 0 Å². The molecule has 70 valence electrons. The van der Waals surface area contributed by atoms with E-state index < -0.39 is 5.60 Å². The van der Waals surface area contributed by atoms with Crippen LogP contribution >= 0.6 is 0 Å². The van der Waals surface area contributed by atoms with E-state index in [-0.39, 0.29) is 5.41 Å². The van der Waals surface area contributed by atoms with Gasteiger partial charge < -0.3 is 16.2 Å². The SMILES string of the molecule is CC(O)(C1CNC1)C1(CN)CC1. The minimum Gasteiger partial charge on any atom is -0.389 e. The van der Waals surface area contributed by atoms with Crippen LogP contribution < -0.4 is 11.1 Å². The first-order valence-corrected chi connectivity index (χ1v) is 4.75. The monoisotopic (exact) mass is 170 g/mol. The van der Waals surface area contributed by atoms with Crippen molar-refractivity contribution in [2.45, 2.75) is 25.4 Å². The van der Waals surface area contributed by atoms with Crippen molar-refractivity contribution >= 4 is 0 Å². The van der Waals surface area contributed by atoms with Gasteiger partial charge in [0.25, 0.3) is 0 Å². The second-order valence-electron chi connectivity index (χ2n) is 4.49. The van der Waals surface area contributed by atoms with Crippen molar-refractivity contribution < 1.29 is 5.11 Å². The molecule has 1 saturated carbocycles. The zero-order chi connectivity index (χ0) is 8.82. The molecular formula is C9H18N2O. The number of nitrogens with two attached hydrogens (primary N) is 1. The van der Waals surface area contributed by atoms with Crippen LogP contribution in [-0.2, 0) is 0 Å². The van der Waals surface area contributed by atoms with E-state index in [0.29, 0.717) is 12.5 Å². The van der Waals surface area contributed by atoms with Crippen LogP contribution in [0.4, 0.5) is 0 Å². The minimum absolute atomic E-state index is 0.0553. The molecule has 1 aliphatic heterocycles. The van der Waals surface area contributed by atoms with Gasteiger partial charge in [-0.1, -0.05) is 0 Å². The summed E-state index contributed by atoms with van der Waals surface area (Å²) in [6, 6.07) is 0. The molecule has 2 fully saturated rings. The molecular weight excluding hydrogens is 152 g/mol. The van der Waals surface area contributed by atoms with Crippen LogP contribution in [0.15, 0.2) is 0 Å². The summed E-state index contributed by atoms with van der Waals surface area (Å²) in [6.07, 6.45) is 2.21. The lowest BCUT2D eigenvalue weighted by Crippen LogP contribution is -2.59. The van der Waals surface area contributed by atoms with Gasteiger partial charge in [0.2, 0.25) is 0 Å². The molecule has 1 heterocycles. The first-order valence-electron chi connectivity index (χ1n) is 4.75. The largest absolute Gasteiger partial charge is 0.389 e. The summed E-state index contributed by atoms with van der Waals surface area (Å²) in [7, 11) is 0. The van der Waals surface area contributed by atoms with Crippen LogP contribution in [0.1, 0.15) is 19.8 Å². The molecule has 0 bridgehead atoms. The molecule has 1 aliphatic carbocycles. The first kappa shape index (κ1) is 8.48. The third-order valence-electron chi connectivity index (χ3n) is 3.89. The highest BCUT2D eigenvalue weighted by molar-refractivity contribution is 5.11. The fourth-order valence-electron chi connectivity index (χ4n) is 2.19. The summed E-state index contributed by atoms with van der Waals surface area (Å²) in [6.45, 7) is 4.50. The molecule has 3 heteroatoms. The Morgan fingerprint density at radius 2 is 2.17 bits per heavy atom. The zero-order valence-corrected chi connectivity index (χ0v) is 7.64. The van der Waals surface area contributed by atoms with Crippen LogP contribution in [0.2, 0.25) is 0 Å². The maximum absolute atomic E-state index is 10.3. The minimum atomic E-state index is -0.535. The lowest BCUT2D eigenvalue weighted by molar-refractivity contribution is -0.0802. The summed E-state index contributed by atoms with van der Waals surface area (Å²) in [5, 5.41) is 13.5. The van der Waals surface area contributed by atoms with Gasteiger partial charge in [-0.3, -0.25) is 0 Å². The predicted octanol–water partition coefficient (Wildman–Crippen LogP) is -0.304. The molecule has 1 atom stereocenters. The highest BCUT2D eigenvalue weighted by Gasteiger charge is 2.59. The molecule has 0 amide bonds. The third-order valence-corrected chi connectivity index (χ3v) is 3.89. The van der Waals surface area contributed by atoms with Gasteiger partial charge in [-0.25, -0.2) is 0 Å².